The molecule has 0 unspecified atom stereocenters. The minimum absolute atomic E-state index is 0.0524. The maximum absolute atomic E-state index is 7.83. The molecule has 0 heterocycles. The summed E-state index contributed by atoms with van der Waals surface area (Å²) < 4.78 is 16.0. The maximum atomic E-state index is 7.83. The number of hydrogen-bond acceptors (Lipinski definition) is 4. The van der Waals surface area contributed by atoms with Crippen LogP contribution in [0.3, 0.4) is 0 Å². The molecule has 0 aromatic heterocycles. The standard InChI is InChI=1S/C13H19NO3/c1-5-16-13(14)11-8-10(15-4)6-7-12(11)17-9(2)3/h6-9,14H,5H2,1-4H3. The summed E-state index contributed by atoms with van der Waals surface area (Å²) in [4.78, 5) is 0. The Balaban J connectivity index is 3.06. The average molecular weight is 237 g/mol. The lowest BCUT2D eigenvalue weighted by Gasteiger charge is -2.15. The Kier molecular flexibility index (Phi) is 4.82. The number of methoxy groups -OCH3 is 1. The van der Waals surface area contributed by atoms with Crippen LogP contribution in [0.1, 0.15) is 26.3 Å². The van der Waals surface area contributed by atoms with Crippen LogP contribution < -0.4 is 9.47 Å². The van der Waals surface area contributed by atoms with E-state index in [4.69, 9.17) is 19.6 Å². The van der Waals surface area contributed by atoms with E-state index in [0.29, 0.717) is 23.7 Å². The lowest BCUT2D eigenvalue weighted by Crippen LogP contribution is -2.12. The molecule has 0 atom stereocenters. The zero-order valence-corrected chi connectivity index (χ0v) is 10.7. The summed E-state index contributed by atoms with van der Waals surface area (Å²) in [6, 6.07) is 5.35. The first-order valence-electron chi connectivity index (χ1n) is 5.64. The normalized spacial score (nSPS) is 10.2. The first-order valence-corrected chi connectivity index (χ1v) is 5.64. The topological polar surface area (TPSA) is 51.5 Å². The number of benzene rings is 1. The molecule has 0 bridgehead atoms. The summed E-state index contributed by atoms with van der Waals surface area (Å²) in [6.45, 7) is 6.19. The number of ether oxygens (including phenoxy) is 3. The Morgan fingerprint density at radius 1 is 1.35 bits per heavy atom. The van der Waals surface area contributed by atoms with E-state index in [1.807, 2.05) is 20.8 Å². The highest BCUT2D eigenvalue weighted by Crippen LogP contribution is 2.25. The van der Waals surface area contributed by atoms with E-state index in [1.54, 1.807) is 25.3 Å². The van der Waals surface area contributed by atoms with Crippen molar-refractivity contribution >= 4 is 5.90 Å². The molecular formula is C13H19NO3. The highest BCUT2D eigenvalue weighted by atomic mass is 16.5. The highest BCUT2D eigenvalue weighted by Gasteiger charge is 2.13. The zero-order chi connectivity index (χ0) is 12.8. The number of rotatable bonds is 5. The van der Waals surface area contributed by atoms with Crippen LogP contribution in [-0.4, -0.2) is 25.7 Å². The summed E-state index contributed by atoms with van der Waals surface area (Å²) >= 11 is 0. The molecule has 0 aliphatic heterocycles. The molecule has 1 aromatic rings. The molecule has 1 N–H and O–H groups in total. The van der Waals surface area contributed by atoms with Gasteiger partial charge in [-0.2, -0.15) is 0 Å². The first kappa shape index (κ1) is 13.4. The molecule has 1 aromatic carbocycles. The molecule has 0 amide bonds. The van der Waals surface area contributed by atoms with Gasteiger partial charge in [-0.05, 0) is 39.0 Å². The zero-order valence-electron chi connectivity index (χ0n) is 10.7. The van der Waals surface area contributed by atoms with Gasteiger partial charge in [0.25, 0.3) is 0 Å². The molecular weight excluding hydrogens is 218 g/mol. The van der Waals surface area contributed by atoms with Crippen LogP contribution in [0.2, 0.25) is 0 Å². The molecule has 0 radical (unpaired) electrons. The van der Waals surface area contributed by atoms with Gasteiger partial charge in [0.15, 0.2) is 0 Å². The van der Waals surface area contributed by atoms with E-state index < -0.39 is 0 Å². The van der Waals surface area contributed by atoms with Gasteiger partial charge >= 0.3 is 0 Å². The summed E-state index contributed by atoms with van der Waals surface area (Å²) in [5, 5.41) is 7.83. The fourth-order valence-corrected chi connectivity index (χ4v) is 1.39. The van der Waals surface area contributed by atoms with Crippen molar-refractivity contribution in [2.75, 3.05) is 13.7 Å². The monoisotopic (exact) mass is 237 g/mol. The third-order valence-electron chi connectivity index (χ3n) is 2.08. The Bertz CT molecular complexity index is 388. The third kappa shape index (κ3) is 3.66. The molecule has 0 aliphatic carbocycles. The van der Waals surface area contributed by atoms with Crippen molar-refractivity contribution < 1.29 is 14.2 Å². The summed E-state index contributed by atoms with van der Waals surface area (Å²) in [6.07, 6.45) is 0.0524. The second-order valence-electron chi connectivity index (χ2n) is 3.79. The third-order valence-corrected chi connectivity index (χ3v) is 2.08. The molecule has 0 fully saturated rings. The van der Waals surface area contributed by atoms with Crippen molar-refractivity contribution in [3.8, 4) is 11.5 Å². The van der Waals surface area contributed by atoms with Gasteiger partial charge in [-0.25, -0.2) is 0 Å². The molecule has 1 rings (SSSR count). The van der Waals surface area contributed by atoms with E-state index >= 15 is 0 Å². The van der Waals surface area contributed by atoms with Crippen molar-refractivity contribution in [2.24, 2.45) is 0 Å². The Labute approximate surface area is 102 Å². The van der Waals surface area contributed by atoms with E-state index in [-0.39, 0.29) is 12.0 Å². The Hall–Kier alpha value is -1.71. The molecule has 0 saturated carbocycles. The molecule has 4 heteroatoms. The van der Waals surface area contributed by atoms with Crippen molar-refractivity contribution in [3.05, 3.63) is 23.8 Å². The van der Waals surface area contributed by atoms with Gasteiger partial charge in [-0.1, -0.05) is 0 Å². The van der Waals surface area contributed by atoms with Gasteiger partial charge < -0.3 is 14.2 Å². The minimum Gasteiger partial charge on any atom is -0.497 e. The molecule has 0 aliphatic rings. The van der Waals surface area contributed by atoms with Crippen LogP contribution in [0.25, 0.3) is 0 Å². The lowest BCUT2D eigenvalue weighted by atomic mass is 10.2. The fraction of sp³-hybridized carbons (Fsp3) is 0.462. The van der Waals surface area contributed by atoms with Crippen LogP contribution in [-0.2, 0) is 4.74 Å². The van der Waals surface area contributed by atoms with Crippen molar-refractivity contribution in [1.29, 1.82) is 5.41 Å². The van der Waals surface area contributed by atoms with Gasteiger partial charge in [0.1, 0.15) is 11.5 Å². The number of hydrogen-bond donors (Lipinski definition) is 1. The number of nitrogens with one attached hydrogen (secondary N) is 1. The molecule has 94 valence electrons. The molecule has 0 saturated heterocycles. The maximum Gasteiger partial charge on any atom is 0.217 e. The first-order chi connectivity index (χ1) is 8.08. The van der Waals surface area contributed by atoms with Gasteiger partial charge in [-0.15, -0.1) is 0 Å². The predicted molar refractivity (Wildman–Crippen MR) is 67.2 cm³/mol. The SMILES string of the molecule is CCOC(=N)c1cc(OC)ccc1OC(C)C. The van der Waals surface area contributed by atoms with Crippen LogP contribution >= 0.6 is 0 Å². The minimum atomic E-state index is 0.0524. The van der Waals surface area contributed by atoms with Crippen molar-refractivity contribution in [1.82, 2.24) is 0 Å². The van der Waals surface area contributed by atoms with Gasteiger partial charge in [0.05, 0.1) is 25.4 Å². The summed E-state index contributed by atoms with van der Waals surface area (Å²) in [5.41, 5.74) is 0.611. The molecule has 17 heavy (non-hydrogen) atoms. The second-order valence-corrected chi connectivity index (χ2v) is 3.79. The van der Waals surface area contributed by atoms with E-state index in [1.165, 1.54) is 0 Å². The average Bonchev–Trinajstić information content (AvgIpc) is 2.29. The smallest absolute Gasteiger partial charge is 0.217 e. The highest BCUT2D eigenvalue weighted by molar-refractivity contribution is 5.95. The lowest BCUT2D eigenvalue weighted by molar-refractivity contribution is 0.239. The van der Waals surface area contributed by atoms with E-state index in [2.05, 4.69) is 0 Å². The second kappa shape index (κ2) is 6.13. The Morgan fingerprint density at radius 2 is 2.06 bits per heavy atom. The van der Waals surface area contributed by atoms with Crippen molar-refractivity contribution in [2.45, 2.75) is 26.9 Å². The van der Waals surface area contributed by atoms with Gasteiger partial charge in [0.2, 0.25) is 5.90 Å². The predicted octanol–water partition coefficient (Wildman–Crippen LogP) is 2.84. The summed E-state index contributed by atoms with van der Waals surface area (Å²) in [7, 11) is 1.59. The van der Waals surface area contributed by atoms with Crippen LogP contribution in [0.15, 0.2) is 18.2 Å². The van der Waals surface area contributed by atoms with Crippen LogP contribution in [0.5, 0.6) is 11.5 Å². The van der Waals surface area contributed by atoms with Crippen LogP contribution in [0.4, 0.5) is 0 Å². The van der Waals surface area contributed by atoms with Crippen LogP contribution in [0, 0.1) is 5.41 Å². The van der Waals surface area contributed by atoms with Gasteiger partial charge in [-0.3, -0.25) is 5.41 Å². The van der Waals surface area contributed by atoms with Crippen molar-refractivity contribution in [3.63, 3.8) is 0 Å². The van der Waals surface area contributed by atoms with E-state index in [0.717, 1.165) is 0 Å². The van der Waals surface area contributed by atoms with E-state index in [9.17, 15) is 0 Å². The molecule has 4 nitrogen and oxygen atoms in total. The summed E-state index contributed by atoms with van der Waals surface area (Å²) in [5.74, 6) is 1.42. The quantitative estimate of drug-likeness (QED) is 0.633. The van der Waals surface area contributed by atoms with Gasteiger partial charge in [0, 0.05) is 0 Å². The largest absolute Gasteiger partial charge is 0.497 e. The fourth-order valence-electron chi connectivity index (χ4n) is 1.39. The molecule has 0 spiro atoms. The Morgan fingerprint density at radius 3 is 2.59 bits per heavy atom.